The molecule has 1 heterocycles. The van der Waals surface area contributed by atoms with E-state index in [1.807, 2.05) is 14.0 Å². The van der Waals surface area contributed by atoms with Crippen molar-refractivity contribution >= 4 is 0 Å². The van der Waals surface area contributed by atoms with Crippen molar-refractivity contribution < 1.29 is 0 Å². The minimum Gasteiger partial charge on any atom is -0.335 e. The maximum Gasteiger partial charge on any atom is 0.105 e. The number of hydrogen-bond acceptors (Lipinski definition) is 2. The summed E-state index contributed by atoms with van der Waals surface area (Å²) in [5, 5.41) is 3.17. The molecule has 1 unspecified atom stereocenters. The molecule has 3 heteroatoms. The zero-order valence-electron chi connectivity index (χ0n) is 8.26. The molecule has 1 aromatic heterocycles. The Bertz CT molecular complexity index is 252. The van der Waals surface area contributed by atoms with Crippen LogP contribution in [0.25, 0.3) is 0 Å². The van der Waals surface area contributed by atoms with Gasteiger partial charge in [0.25, 0.3) is 0 Å². The molecule has 0 aliphatic rings. The number of rotatable bonds is 3. The molecule has 0 saturated carbocycles. The largest absolute Gasteiger partial charge is 0.335 e. The topological polar surface area (TPSA) is 29.9 Å². The molecule has 0 radical (unpaired) electrons. The van der Waals surface area contributed by atoms with Crippen LogP contribution in [-0.4, -0.2) is 16.6 Å². The van der Waals surface area contributed by atoms with E-state index in [4.69, 9.17) is 0 Å². The first kappa shape index (κ1) is 9.26. The van der Waals surface area contributed by atoms with Gasteiger partial charge in [0.1, 0.15) is 5.82 Å². The quantitative estimate of drug-likeness (QED) is 0.739. The molecule has 12 heavy (non-hydrogen) atoms. The zero-order valence-corrected chi connectivity index (χ0v) is 8.26. The Labute approximate surface area is 73.8 Å². The standard InChI is InChI=1S/C9H17N3/c1-5-12-6-9(7(2)10-4)11-8(12)3/h6-7,10H,5H2,1-4H3. The Hall–Kier alpha value is -0.830. The number of imidazole rings is 1. The second-order valence-electron chi connectivity index (χ2n) is 3.01. The van der Waals surface area contributed by atoms with Crippen LogP contribution in [0.2, 0.25) is 0 Å². The lowest BCUT2D eigenvalue weighted by molar-refractivity contribution is 0.634. The number of aromatic nitrogens is 2. The Balaban J connectivity index is 2.88. The summed E-state index contributed by atoms with van der Waals surface area (Å²) < 4.78 is 2.16. The fourth-order valence-electron chi connectivity index (χ4n) is 1.21. The lowest BCUT2D eigenvalue weighted by atomic mass is 10.3. The second kappa shape index (κ2) is 3.72. The van der Waals surface area contributed by atoms with Crippen LogP contribution in [0.15, 0.2) is 6.20 Å². The van der Waals surface area contributed by atoms with Crippen LogP contribution in [-0.2, 0) is 6.54 Å². The van der Waals surface area contributed by atoms with E-state index < -0.39 is 0 Å². The average molecular weight is 167 g/mol. The predicted molar refractivity (Wildman–Crippen MR) is 50.1 cm³/mol. The SMILES string of the molecule is CCn1cc(C(C)NC)nc1C. The highest BCUT2D eigenvalue weighted by molar-refractivity contribution is 5.06. The minimum absolute atomic E-state index is 0.344. The monoisotopic (exact) mass is 167 g/mol. The van der Waals surface area contributed by atoms with E-state index in [0.717, 1.165) is 18.1 Å². The van der Waals surface area contributed by atoms with Crippen LogP contribution in [0, 0.1) is 6.92 Å². The molecule has 1 N–H and O–H groups in total. The summed E-state index contributed by atoms with van der Waals surface area (Å²) in [6, 6.07) is 0.344. The van der Waals surface area contributed by atoms with Gasteiger partial charge in [-0.3, -0.25) is 0 Å². The molecule has 0 spiro atoms. The normalized spacial score (nSPS) is 13.3. The average Bonchev–Trinajstić information content (AvgIpc) is 2.45. The van der Waals surface area contributed by atoms with Gasteiger partial charge in [0, 0.05) is 18.8 Å². The maximum absolute atomic E-state index is 4.45. The maximum atomic E-state index is 4.45. The highest BCUT2D eigenvalue weighted by Gasteiger charge is 2.07. The fraction of sp³-hybridized carbons (Fsp3) is 0.667. The van der Waals surface area contributed by atoms with Gasteiger partial charge in [-0.2, -0.15) is 0 Å². The van der Waals surface area contributed by atoms with Crippen molar-refractivity contribution in [3.8, 4) is 0 Å². The van der Waals surface area contributed by atoms with E-state index >= 15 is 0 Å². The smallest absolute Gasteiger partial charge is 0.105 e. The first-order valence-electron chi connectivity index (χ1n) is 4.40. The van der Waals surface area contributed by atoms with Gasteiger partial charge >= 0.3 is 0 Å². The molecule has 0 fully saturated rings. The van der Waals surface area contributed by atoms with Crippen molar-refractivity contribution in [2.75, 3.05) is 7.05 Å². The first-order chi connectivity index (χ1) is 5.69. The number of nitrogens with zero attached hydrogens (tertiary/aromatic N) is 2. The number of hydrogen-bond donors (Lipinski definition) is 1. The van der Waals surface area contributed by atoms with E-state index in [2.05, 4.69) is 34.9 Å². The molecule has 1 aromatic rings. The highest BCUT2D eigenvalue weighted by atomic mass is 15.1. The van der Waals surface area contributed by atoms with E-state index in [-0.39, 0.29) is 0 Å². The molecule has 0 saturated heterocycles. The van der Waals surface area contributed by atoms with Gasteiger partial charge in [-0.25, -0.2) is 4.98 Å². The van der Waals surface area contributed by atoms with Crippen molar-refractivity contribution in [3.63, 3.8) is 0 Å². The van der Waals surface area contributed by atoms with Crippen LogP contribution in [0.3, 0.4) is 0 Å². The number of nitrogens with one attached hydrogen (secondary N) is 1. The van der Waals surface area contributed by atoms with Gasteiger partial charge < -0.3 is 9.88 Å². The molecule has 0 amide bonds. The van der Waals surface area contributed by atoms with Crippen LogP contribution < -0.4 is 5.32 Å². The molecule has 0 aromatic carbocycles. The molecule has 1 atom stereocenters. The van der Waals surface area contributed by atoms with Crippen molar-refractivity contribution in [3.05, 3.63) is 17.7 Å². The lowest BCUT2D eigenvalue weighted by Gasteiger charge is -2.04. The first-order valence-corrected chi connectivity index (χ1v) is 4.40. The predicted octanol–water partition coefficient (Wildman–Crippen LogP) is 1.49. The van der Waals surface area contributed by atoms with Crippen LogP contribution in [0.1, 0.15) is 31.4 Å². The molecular weight excluding hydrogens is 150 g/mol. The second-order valence-corrected chi connectivity index (χ2v) is 3.01. The van der Waals surface area contributed by atoms with Crippen molar-refractivity contribution in [1.82, 2.24) is 14.9 Å². The molecule has 0 bridgehead atoms. The zero-order chi connectivity index (χ0) is 9.14. The van der Waals surface area contributed by atoms with Gasteiger partial charge in [-0.05, 0) is 27.8 Å². The summed E-state index contributed by atoms with van der Waals surface area (Å²) in [5.74, 6) is 1.09. The van der Waals surface area contributed by atoms with Crippen LogP contribution in [0.4, 0.5) is 0 Å². The fourth-order valence-corrected chi connectivity index (χ4v) is 1.21. The molecule has 0 aliphatic carbocycles. The van der Waals surface area contributed by atoms with Gasteiger partial charge in [0.2, 0.25) is 0 Å². The summed E-state index contributed by atoms with van der Waals surface area (Å²) in [6.07, 6.45) is 2.11. The number of aryl methyl sites for hydroxylation is 2. The Morgan fingerprint density at radius 2 is 2.33 bits per heavy atom. The van der Waals surface area contributed by atoms with E-state index in [0.29, 0.717) is 6.04 Å². The van der Waals surface area contributed by atoms with E-state index in [1.165, 1.54) is 0 Å². The summed E-state index contributed by atoms with van der Waals surface area (Å²) in [5.41, 5.74) is 1.12. The van der Waals surface area contributed by atoms with Gasteiger partial charge in [-0.1, -0.05) is 0 Å². The van der Waals surface area contributed by atoms with Crippen LogP contribution in [0.5, 0.6) is 0 Å². The third kappa shape index (κ3) is 1.67. The van der Waals surface area contributed by atoms with E-state index in [9.17, 15) is 0 Å². The minimum atomic E-state index is 0.344. The molecule has 1 rings (SSSR count). The van der Waals surface area contributed by atoms with Gasteiger partial charge in [0.15, 0.2) is 0 Å². The third-order valence-corrected chi connectivity index (χ3v) is 2.21. The van der Waals surface area contributed by atoms with Crippen molar-refractivity contribution in [2.24, 2.45) is 0 Å². The van der Waals surface area contributed by atoms with Crippen LogP contribution >= 0.6 is 0 Å². The Morgan fingerprint density at radius 1 is 1.67 bits per heavy atom. The molecule has 3 nitrogen and oxygen atoms in total. The Morgan fingerprint density at radius 3 is 2.75 bits per heavy atom. The molecule has 0 aliphatic heterocycles. The van der Waals surface area contributed by atoms with Gasteiger partial charge in [0.05, 0.1) is 5.69 Å². The summed E-state index contributed by atoms with van der Waals surface area (Å²) in [7, 11) is 1.95. The summed E-state index contributed by atoms with van der Waals surface area (Å²) in [4.78, 5) is 4.45. The Kier molecular flexibility index (Phi) is 2.87. The highest BCUT2D eigenvalue weighted by Crippen LogP contribution is 2.10. The third-order valence-electron chi connectivity index (χ3n) is 2.21. The molecular formula is C9H17N3. The van der Waals surface area contributed by atoms with Crippen molar-refractivity contribution in [2.45, 2.75) is 33.4 Å². The summed E-state index contributed by atoms with van der Waals surface area (Å²) >= 11 is 0. The van der Waals surface area contributed by atoms with Crippen molar-refractivity contribution in [1.29, 1.82) is 0 Å². The molecule has 68 valence electrons. The lowest BCUT2D eigenvalue weighted by Crippen LogP contribution is -2.12. The van der Waals surface area contributed by atoms with E-state index in [1.54, 1.807) is 0 Å². The summed E-state index contributed by atoms with van der Waals surface area (Å²) in [6.45, 7) is 7.27. The van der Waals surface area contributed by atoms with Gasteiger partial charge in [-0.15, -0.1) is 0 Å².